The van der Waals surface area contributed by atoms with Gasteiger partial charge in [0.05, 0.1) is 5.69 Å². The minimum atomic E-state index is -0.280. The van der Waals surface area contributed by atoms with Crippen molar-refractivity contribution < 1.29 is 4.79 Å². The Morgan fingerprint density at radius 1 is 1.41 bits per heavy atom. The van der Waals surface area contributed by atoms with Crippen molar-refractivity contribution in [3.63, 3.8) is 0 Å². The fourth-order valence-corrected chi connectivity index (χ4v) is 5.62. The van der Waals surface area contributed by atoms with E-state index in [9.17, 15) is 4.79 Å². The summed E-state index contributed by atoms with van der Waals surface area (Å²) in [5.74, 6) is 0.0343. The number of nitrogens with two attached hydrogens (primary N) is 1. The fraction of sp³-hybridized carbons (Fsp3) is 0.474. The Morgan fingerprint density at radius 3 is 3.07 bits per heavy atom. The number of aromatic amines is 1. The molecular weight excluding hydrogens is 388 g/mol. The molecule has 0 radical (unpaired) electrons. The smallest absolute Gasteiger partial charge is 0.271 e. The third-order valence-corrected chi connectivity index (χ3v) is 6.86. The summed E-state index contributed by atoms with van der Waals surface area (Å²) in [7, 11) is 2.11. The Kier molecular flexibility index (Phi) is 4.11. The Bertz CT molecular complexity index is 1040. The molecule has 0 fully saturated rings. The zero-order chi connectivity index (χ0) is 20.3. The third kappa shape index (κ3) is 3.06. The van der Waals surface area contributed by atoms with E-state index in [1.54, 1.807) is 18.0 Å². The molecule has 10 heteroatoms. The van der Waals surface area contributed by atoms with Crippen molar-refractivity contribution >= 4 is 23.6 Å². The van der Waals surface area contributed by atoms with Crippen LogP contribution in [0.15, 0.2) is 16.8 Å². The van der Waals surface area contributed by atoms with Crippen LogP contribution in [0.1, 0.15) is 41.9 Å². The first kappa shape index (κ1) is 18.4. The molecule has 0 bridgehead atoms. The fourth-order valence-electron chi connectivity index (χ4n) is 4.37. The van der Waals surface area contributed by atoms with Crippen LogP contribution in [0.25, 0.3) is 11.4 Å². The van der Waals surface area contributed by atoms with Crippen LogP contribution in [0, 0.1) is 0 Å². The zero-order valence-corrected chi connectivity index (χ0v) is 17.5. The monoisotopic (exact) mass is 412 g/mol. The average molecular weight is 413 g/mol. The van der Waals surface area contributed by atoms with E-state index in [0.717, 1.165) is 30.6 Å². The lowest BCUT2D eigenvalue weighted by atomic mass is 9.73. The van der Waals surface area contributed by atoms with Crippen molar-refractivity contribution in [1.82, 2.24) is 35.7 Å². The SMILES string of the molecule is CN1CCC2=C(C1)SC(NC(=O)c1[nH]nc3c1C(C)(C)Cc1cnc(N)nc1-3)N2. The van der Waals surface area contributed by atoms with Crippen LogP contribution >= 0.6 is 11.8 Å². The molecule has 1 aliphatic carbocycles. The van der Waals surface area contributed by atoms with Gasteiger partial charge in [-0.15, -0.1) is 0 Å². The van der Waals surface area contributed by atoms with Gasteiger partial charge in [0.2, 0.25) is 5.95 Å². The molecule has 2 aromatic heterocycles. The highest BCUT2D eigenvalue weighted by atomic mass is 32.2. The molecule has 5 rings (SSSR count). The van der Waals surface area contributed by atoms with Crippen molar-refractivity contribution in [3.05, 3.63) is 33.6 Å². The second-order valence-electron chi connectivity index (χ2n) is 8.49. The molecule has 3 aliphatic rings. The molecule has 1 unspecified atom stereocenters. The van der Waals surface area contributed by atoms with E-state index in [2.05, 4.69) is 56.6 Å². The lowest BCUT2D eigenvalue weighted by Crippen LogP contribution is -2.41. The predicted octanol–water partition coefficient (Wildman–Crippen LogP) is 1.18. The summed E-state index contributed by atoms with van der Waals surface area (Å²) in [6.45, 7) is 6.16. The first-order chi connectivity index (χ1) is 13.8. The first-order valence-corrected chi connectivity index (χ1v) is 10.5. The standard InChI is InChI=1S/C19H24N8OS/c1-19(2)6-9-7-21-17(20)23-13(9)14-12(19)15(26-25-14)16(28)24-18-22-10-4-5-27(3)8-11(10)29-18/h7,18,22H,4-6,8H2,1-3H3,(H,24,28)(H,25,26)(H2,20,21,23). The molecule has 4 heterocycles. The molecule has 0 saturated carbocycles. The van der Waals surface area contributed by atoms with Crippen molar-refractivity contribution in [2.45, 2.75) is 37.6 Å². The summed E-state index contributed by atoms with van der Waals surface area (Å²) in [5.41, 5.74) is 10.3. The van der Waals surface area contributed by atoms with Crippen molar-refractivity contribution in [2.75, 3.05) is 25.9 Å². The maximum Gasteiger partial charge on any atom is 0.271 e. The van der Waals surface area contributed by atoms with Gasteiger partial charge in [-0.05, 0) is 24.4 Å². The van der Waals surface area contributed by atoms with E-state index in [1.165, 1.54) is 10.6 Å². The Balaban J connectivity index is 1.42. The number of hydrogen-bond acceptors (Lipinski definition) is 8. The van der Waals surface area contributed by atoms with Crippen LogP contribution in [0.2, 0.25) is 0 Å². The molecule has 152 valence electrons. The van der Waals surface area contributed by atoms with Crippen LogP contribution in [0.4, 0.5) is 5.95 Å². The van der Waals surface area contributed by atoms with E-state index >= 15 is 0 Å². The van der Waals surface area contributed by atoms with Crippen LogP contribution < -0.4 is 16.4 Å². The second-order valence-corrected chi connectivity index (χ2v) is 9.69. The van der Waals surface area contributed by atoms with Gasteiger partial charge in [0.25, 0.3) is 5.91 Å². The number of fused-ring (bicyclic) bond motifs is 3. The minimum absolute atomic E-state index is 0.171. The van der Waals surface area contributed by atoms with E-state index < -0.39 is 0 Å². The van der Waals surface area contributed by atoms with Crippen molar-refractivity contribution in [1.29, 1.82) is 0 Å². The van der Waals surface area contributed by atoms with Crippen LogP contribution in [-0.4, -0.2) is 56.6 Å². The highest BCUT2D eigenvalue weighted by Gasteiger charge is 2.39. The summed E-state index contributed by atoms with van der Waals surface area (Å²) in [6.07, 6.45) is 3.45. The Morgan fingerprint density at radius 2 is 2.24 bits per heavy atom. The number of aromatic nitrogens is 4. The van der Waals surface area contributed by atoms with E-state index in [0.29, 0.717) is 23.5 Å². The largest absolute Gasteiger partial charge is 0.368 e. The third-order valence-electron chi connectivity index (χ3n) is 5.73. The topological polar surface area (TPSA) is 125 Å². The van der Waals surface area contributed by atoms with Crippen molar-refractivity contribution in [3.8, 4) is 11.4 Å². The number of nitrogens with one attached hydrogen (secondary N) is 3. The van der Waals surface area contributed by atoms with E-state index in [4.69, 9.17) is 5.73 Å². The van der Waals surface area contributed by atoms with Gasteiger partial charge < -0.3 is 21.3 Å². The van der Waals surface area contributed by atoms with Gasteiger partial charge in [-0.3, -0.25) is 9.89 Å². The van der Waals surface area contributed by atoms with Crippen molar-refractivity contribution in [2.24, 2.45) is 0 Å². The number of nitrogens with zero attached hydrogens (tertiary/aromatic N) is 4. The summed E-state index contributed by atoms with van der Waals surface area (Å²) >= 11 is 1.68. The lowest BCUT2D eigenvalue weighted by molar-refractivity contribution is 0.0939. The maximum atomic E-state index is 13.1. The number of rotatable bonds is 2. The Hall–Kier alpha value is -2.59. The van der Waals surface area contributed by atoms with Gasteiger partial charge in [0.15, 0.2) is 5.50 Å². The number of carbonyl (C=O) groups is 1. The maximum absolute atomic E-state index is 13.1. The molecular formula is C19H24N8OS. The van der Waals surface area contributed by atoms with Gasteiger partial charge in [-0.2, -0.15) is 5.10 Å². The molecule has 5 N–H and O–H groups in total. The number of likely N-dealkylation sites (N-methyl/N-ethyl adjacent to an activating group) is 1. The Labute approximate surface area is 172 Å². The summed E-state index contributed by atoms with van der Waals surface area (Å²) in [6, 6.07) is 0. The van der Waals surface area contributed by atoms with Gasteiger partial charge in [-0.1, -0.05) is 25.6 Å². The zero-order valence-electron chi connectivity index (χ0n) is 16.7. The number of nitrogen functional groups attached to an aromatic ring is 1. The highest BCUT2D eigenvalue weighted by molar-refractivity contribution is 8.03. The summed E-state index contributed by atoms with van der Waals surface area (Å²) in [4.78, 5) is 25.2. The number of amides is 1. The lowest BCUT2D eigenvalue weighted by Gasteiger charge is -2.31. The molecule has 1 amide bonds. The minimum Gasteiger partial charge on any atom is -0.368 e. The molecule has 2 aliphatic heterocycles. The number of carbonyl (C=O) groups excluding carboxylic acids is 1. The number of anilines is 1. The molecule has 0 aromatic carbocycles. The molecule has 0 saturated heterocycles. The predicted molar refractivity (Wildman–Crippen MR) is 112 cm³/mol. The number of H-pyrrole nitrogens is 1. The average Bonchev–Trinajstić information content (AvgIpc) is 3.26. The summed E-state index contributed by atoms with van der Waals surface area (Å²) in [5, 5.41) is 13.9. The van der Waals surface area contributed by atoms with Gasteiger partial charge in [0.1, 0.15) is 11.4 Å². The molecule has 0 spiro atoms. The van der Waals surface area contributed by atoms with E-state index in [1.807, 2.05) is 0 Å². The molecule has 2 aromatic rings. The number of thioether (sulfide) groups is 1. The van der Waals surface area contributed by atoms with Gasteiger partial charge in [0, 0.05) is 41.9 Å². The van der Waals surface area contributed by atoms with Gasteiger partial charge >= 0.3 is 0 Å². The molecule has 9 nitrogen and oxygen atoms in total. The van der Waals surface area contributed by atoms with Gasteiger partial charge in [-0.25, -0.2) is 9.97 Å². The second kappa shape index (κ2) is 6.46. The first-order valence-electron chi connectivity index (χ1n) is 9.67. The van der Waals surface area contributed by atoms with Crippen LogP contribution in [0.3, 0.4) is 0 Å². The quantitative estimate of drug-likeness (QED) is 0.580. The molecule has 1 atom stereocenters. The molecule has 29 heavy (non-hydrogen) atoms. The summed E-state index contributed by atoms with van der Waals surface area (Å²) < 4.78 is 0. The normalized spacial score (nSPS) is 22.5. The van der Waals surface area contributed by atoms with Crippen LogP contribution in [0.5, 0.6) is 0 Å². The highest BCUT2D eigenvalue weighted by Crippen LogP contribution is 2.43. The van der Waals surface area contributed by atoms with E-state index in [-0.39, 0.29) is 22.8 Å². The van der Waals surface area contributed by atoms with Crippen LogP contribution in [-0.2, 0) is 11.8 Å². The number of hydrogen-bond donors (Lipinski definition) is 4.